The smallest absolute Gasteiger partial charge is 0.128 e. The zero-order chi connectivity index (χ0) is 15.4. The van der Waals surface area contributed by atoms with Gasteiger partial charge in [0.25, 0.3) is 0 Å². The number of β-amino-alcohol motifs (C(OH)–C–C–N with tert-alkyl or cyclic N) is 1. The number of rotatable bonds is 4. The fourth-order valence-electron chi connectivity index (χ4n) is 3.36. The van der Waals surface area contributed by atoms with Gasteiger partial charge in [0.1, 0.15) is 5.82 Å². The molecule has 0 aliphatic carbocycles. The number of nitrogens with one attached hydrogen (secondary N) is 1. The summed E-state index contributed by atoms with van der Waals surface area (Å²) in [4.78, 5) is 9.04. The number of piperidine rings is 1. The molecule has 0 amide bonds. The van der Waals surface area contributed by atoms with Gasteiger partial charge in [-0.15, -0.1) is 0 Å². The summed E-state index contributed by atoms with van der Waals surface area (Å²) >= 11 is 5.88. The molecule has 22 heavy (non-hydrogen) atoms. The van der Waals surface area contributed by atoms with E-state index in [1.54, 1.807) is 6.20 Å². The number of hydrogen-bond acceptors (Lipinski definition) is 5. The molecule has 0 bridgehead atoms. The minimum Gasteiger partial charge on any atom is -0.392 e. The Kier molecular flexibility index (Phi) is 5.52. The highest BCUT2D eigenvalue weighted by atomic mass is 35.5. The summed E-state index contributed by atoms with van der Waals surface area (Å²) in [6.45, 7) is 6.74. The van der Waals surface area contributed by atoms with Gasteiger partial charge in [-0.1, -0.05) is 11.6 Å². The lowest BCUT2D eigenvalue weighted by Gasteiger charge is -2.38. The summed E-state index contributed by atoms with van der Waals surface area (Å²) in [5, 5.41) is 14.5. The van der Waals surface area contributed by atoms with E-state index in [1.165, 1.54) is 0 Å². The van der Waals surface area contributed by atoms with Gasteiger partial charge in [0.2, 0.25) is 0 Å². The molecule has 1 aromatic heterocycles. The van der Waals surface area contributed by atoms with Gasteiger partial charge in [-0.25, -0.2) is 4.98 Å². The molecule has 2 aliphatic heterocycles. The van der Waals surface area contributed by atoms with Crippen molar-refractivity contribution in [1.29, 1.82) is 0 Å². The molecule has 2 fully saturated rings. The van der Waals surface area contributed by atoms with Crippen molar-refractivity contribution in [1.82, 2.24) is 15.2 Å². The van der Waals surface area contributed by atoms with Crippen LogP contribution in [0.4, 0.5) is 5.82 Å². The van der Waals surface area contributed by atoms with Crippen LogP contribution in [0.5, 0.6) is 0 Å². The fraction of sp³-hybridized carbons (Fsp3) is 0.688. The van der Waals surface area contributed by atoms with Crippen LogP contribution in [-0.2, 0) is 0 Å². The van der Waals surface area contributed by atoms with Crippen molar-refractivity contribution in [2.24, 2.45) is 5.92 Å². The van der Waals surface area contributed by atoms with E-state index in [0.29, 0.717) is 10.9 Å². The number of aromatic nitrogens is 1. The third kappa shape index (κ3) is 4.10. The maximum atomic E-state index is 10.4. The Morgan fingerprint density at radius 1 is 1.23 bits per heavy atom. The Labute approximate surface area is 137 Å². The van der Waals surface area contributed by atoms with E-state index in [-0.39, 0.29) is 6.10 Å². The number of hydrogen-bond donors (Lipinski definition) is 2. The van der Waals surface area contributed by atoms with E-state index in [0.717, 1.165) is 64.5 Å². The zero-order valence-electron chi connectivity index (χ0n) is 12.9. The van der Waals surface area contributed by atoms with Crippen LogP contribution in [0, 0.1) is 5.92 Å². The van der Waals surface area contributed by atoms with Crippen molar-refractivity contribution in [3.8, 4) is 0 Å². The Balaban J connectivity index is 1.46. The molecular weight excluding hydrogens is 300 g/mol. The van der Waals surface area contributed by atoms with Gasteiger partial charge in [0.05, 0.1) is 11.1 Å². The van der Waals surface area contributed by atoms with Crippen molar-refractivity contribution < 1.29 is 5.11 Å². The quantitative estimate of drug-likeness (QED) is 0.872. The SMILES string of the molecule is OC(CN1CCN(c2ccc(Cl)cn2)CC1)C1CCNCC1. The molecule has 5 nitrogen and oxygen atoms in total. The molecule has 2 N–H and O–H groups in total. The maximum Gasteiger partial charge on any atom is 0.128 e. The average molecular weight is 325 g/mol. The Morgan fingerprint density at radius 2 is 1.95 bits per heavy atom. The maximum absolute atomic E-state index is 10.4. The molecule has 1 unspecified atom stereocenters. The topological polar surface area (TPSA) is 51.6 Å². The summed E-state index contributed by atoms with van der Waals surface area (Å²) in [6, 6.07) is 3.86. The van der Waals surface area contributed by atoms with Crippen LogP contribution in [0.2, 0.25) is 5.02 Å². The number of nitrogens with zero attached hydrogens (tertiary/aromatic N) is 3. The van der Waals surface area contributed by atoms with E-state index in [2.05, 4.69) is 20.1 Å². The van der Waals surface area contributed by atoms with Crippen molar-refractivity contribution >= 4 is 17.4 Å². The second-order valence-corrected chi connectivity index (χ2v) is 6.71. The number of pyridine rings is 1. The standard InChI is InChI=1S/C16H25ClN4O/c17-14-1-2-16(19-11-14)21-9-7-20(8-10-21)12-15(22)13-3-5-18-6-4-13/h1-2,11,13,15,18,22H,3-10,12H2. The van der Waals surface area contributed by atoms with Gasteiger partial charge in [0, 0.05) is 38.9 Å². The second kappa shape index (κ2) is 7.59. The first-order valence-corrected chi connectivity index (χ1v) is 8.58. The summed E-state index contributed by atoms with van der Waals surface area (Å²) < 4.78 is 0. The molecule has 3 heterocycles. The van der Waals surface area contributed by atoms with Gasteiger partial charge in [-0.3, -0.25) is 4.90 Å². The van der Waals surface area contributed by atoms with Gasteiger partial charge in [0.15, 0.2) is 0 Å². The third-order valence-corrected chi connectivity index (χ3v) is 5.00. The average Bonchev–Trinajstić information content (AvgIpc) is 2.57. The monoisotopic (exact) mass is 324 g/mol. The van der Waals surface area contributed by atoms with E-state index in [9.17, 15) is 5.11 Å². The molecule has 0 saturated carbocycles. The van der Waals surface area contributed by atoms with E-state index in [1.807, 2.05) is 12.1 Å². The van der Waals surface area contributed by atoms with E-state index in [4.69, 9.17) is 11.6 Å². The van der Waals surface area contributed by atoms with Crippen LogP contribution in [0.15, 0.2) is 18.3 Å². The first kappa shape index (κ1) is 16.0. The van der Waals surface area contributed by atoms with Crippen LogP contribution in [0.25, 0.3) is 0 Å². The van der Waals surface area contributed by atoms with Gasteiger partial charge in [-0.05, 0) is 44.0 Å². The highest BCUT2D eigenvalue weighted by Gasteiger charge is 2.25. The lowest BCUT2D eigenvalue weighted by atomic mass is 9.92. The summed E-state index contributed by atoms with van der Waals surface area (Å²) in [5.41, 5.74) is 0. The highest BCUT2D eigenvalue weighted by Crippen LogP contribution is 2.19. The van der Waals surface area contributed by atoms with Gasteiger partial charge < -0.3 is 15.3 Å². The molecule has 1 aromatic rings. The third-order valence-electron chi connectivity index (χ3n) is 4.78. The minimum atomic E-state index is -0.192. The fourth-order valence-corrected chi connectivity index (χ4v) is 3.47. The Hall–Kier alpha value is -0.880. The second-order valence-electron chi connectivity index (χ2n) is 6.28. The number of halogens is 1. The number of aliphatic hydroxyl groups excluding tert-OH is 1. The predicted molar refractivity (Wildman–Crippen MR) is 89.5 cm³/mol. The Bertz CT molecular complexity index is 456. The minimum absolute atomic E-state index is 0.192. The van der Waals surface area contributed by atoms with Crippen LogP contribution >= 0.6 is 11.6 Å². The summed E-state index contributed by atoms with van der Waals surface area (Å²) in [5.74, 6) is 1.44. The van der Waals surface area contributed by atoms with Gasteiger partial charge in [-0.2, -0.15) is 0 Å². The molecule has 2 aliphatic rings. The largest absolute Gasteiger partial charge is 0.392 e. The molecule has 0 aromatic carbocycles. The molecule has 0 radical (unpaired) electrons. The predicted octanol–water partition coefficient (Wildman–Crippen LogP) is 1.22. The van der Waals surface area contributed by atoms with Crippen molar-refractivity contribution in [2.75, 3.05) is 50.7 Å². The van der Waals surface area contributed by atoms with Crippen LogP contribution in [-0.4, -0.2) is 66.9 Å². The van der Waals surface area contributed by atoms with Crippen molar-refractivity contribution in [3.63, 3.8) is 0 Å². The molecular formula is C16H25ClN4O. The highest BCUT2D eigenvalue weighted by molar-refractivity contribution is 6.30. The van der Waals surface area contributed by atoms with Gasteiger partial charge >= 0.3 is 0 Å². The lowest BCUT2D eigenvalue weighted by Crippen LogP contribution is -2.50. The zero-order valence-corrected chi connectivity index (χ0v) is 13.7. The first-order chi connectivity index (χ1) is 10.7. The van der Waals surface area contributed by atoms with Crippen LogP contribution in [0.3, 0.4) is 0 Å². The number of anilines is 1. The molecule has 2 saturated heterocycles. The molecule has 6 heteroatoms. The number of piperazine rings is 1. The molecule has 122 valence electrons. The van der Waals surface area contributed by atoms with Crippen LogP contribution < -0.4 is 10.2 Å². The lowest BCUT2D eigenvalue weighted by molar-refractivity contribution is 0.0487. The molecule has 3 rings (SSSR count). The summed E-state index contributed by atoms with van der Waals surface area (Å²) in [7, 11) is 0. The summed E-state index contributed by atoms with van der Waals surface area (Å²) in [6.07, 6.45) is 3.69. The molecule has 0 spiro atoms. The first-order valence-electron chi connectivity index (χ1n) is 8.20. The van der Waals surface area contributed by atoms with E-state index < -0.39 is 0 Å². The molecule has 1 atom stereocenters. The van der Waals surface area contributed by atoms with Crippen LogP contribution in [0.1, 0.15) is 12.8 Å². The van der Waals surface area contributed by atoms with Crippen molar-refractivity contribution in [2.45, 2.75) is 18.9 Å². The Morgan fingerprint density at radius 3 is 2.59 bits per heavy atom. The normalized spacial score (nSPS) is 22.7. The van der Waals surface area contributed by atoms with E-state index >= 15 is 0 Å². The number of aliphatic hydroxyl groups is 1. The van der Waals surface area contributed by atoms with Crippen molar-refractivity contribution in [3.05, 3.63) is 23.4 Å².